The molecule has 0 saturated carbocycles. The Morgan fingerprint density at radius 2 is 1.18 bits per heavy atom. The first kappa shape index (κ1) is 39.4. The topological polar surface area (TPSA) is 0 Å². The predicted molar refractivity (Wildman–Crippen MR) is 213 cm³/mol. The van der Waals surface area contributed by atoms with Crippen molar-refractivity contribution in [1.29, 1.82) is 0 Å². The molecule has 3 heteroatoms. The van der Waals surface area contributed by atoms with Gasteiger partial charge in [-0.15, -0.1) is 5.56 Å². The van der Waals surface area contributed by atoms with Crippen molar-refractivity contribution in [2.45, 2.75) is 93.4 Å². The summed E-state index contributed by atoms with van der Waals surface area (Å²) in [5.74, 6) is 0.518. The normalized spacial score (nSPS) is 14.9. The Hall–Kier alpha value is -2.44. The van der Waals surface area contributed by atoms with E-state index in [1.807, 2.05) is 24.3 Å². The Morgan fingerprint density at radius 1 is 0.673 bits per heavy atom. The fourth-order valence-corrected chi connectivity index (χ4v) is 8.33. The van der Waals surface area contributed by atoms with Crippen LogP contribution in [-0.4, -0.2) is 7.42 Å². The molecule has 49 heavy (non-hydrogen) atoms. The molecule has 2 aliphatic rings. The van der Waals surface area contributed by atoms with Gasteiger partial charge in [0, 0.05) is 0 Å². The predicted octanol–water partition coefficient (Wildman–Crippen LogP) is 13.1. The Labute approximate surface area is 318 Å². The van der Waals surface area contributed by atoms with Crippen molar-refractivity contribution >= 4 is 30.6 Å². The van der Waals surface area contributed by atoms with E-state index < -0.39 is 22.3 Å². The summed E-state index contributed by atoms with van der Waals surface area (Å²) in [5, 5.41) is 1.57. The molecule has 0 heterocycles. The van der Waals surface area contributed by atoms with Gasteiger partial charge < -0.3 is 0 Å². The third-order valence-corrected chi connectivity index (χ3v) is 11.8. The van der Waals surface area contributed by atoms with Gasteiger partial charge in [0.05, 0.1) is 0 Å². The fourth-order valence-electron chi connectivity index (χ4n) is 5.99. The summed E-state index contributed by atoms with van der Waals surface area (Å²) in [6, 6.07) is 31.0. The molecule has 4 aromatic carbocycles. The minimum atomic E-state index is -0.623. The molecule has 2 aliphatic carbocycles. The molecule has 0 spiro atoms. The van der Waals surface area contributed by atoms with Gasteiger partial charge in [-0.05, 0) is 17.4 Å². The Kier molecular flexibility index (Phi) is 13.1. The van der Waals surface area contributed by atoms with Crippen molar-refractivity contribution in [2.24, 2.45) is 11.3 Å². The Morgan fingerprint density at radius 3 is 1.61 bits per heavy atom. The molecule has 1 atom stereocenters. The minimum absolute atomic E-state index is 0.177. The van der Waals surface area contributed by atoms with Crippen LogP contribution in [0, 0.1) is 23.5 Å². The van der Waals surface area contributed by atoms with Gasteiger partial charge in [-0.2, -0.15) is 41.0 Å². The van der Waals surface area contributed by atoms with Crippen LogP contribution < -0.4 is 0 Å². The Balaban J connectivity index is 0.000000174. The molecule has 4 aromatic rings. The molecule has 0 aliphatic heterocycles. The van der Waals surface area contributed by atoms with Crippen molar-refractivity contribution in [3.63, 3.8) is 0 Å². The summed E-state index contributed by atoms with van der Waals surface area (Å²) in [7, 11) is 0. The number of hydrogen-bond donors (Lipinski definition) is 0. The molecule has 0 radical (unpaired) electrons. The molecule has 0 amide bonds. The first-order chi connectivity index (χ1) is 22.8. The molecule has 1 unspecified atom stereocenters. The van der Waals surface area contributed by atoms with Crippen LogP contribution in [0.4, 0.5) is 0 Å². The van der Waals surface area contributed by atoms with Crippen LogP contribution in [-0.2, 0) is 39.5 Å². The quantitative estimate of drug-likeness (QED) is 0.157. The summed E-state index contributed by atoms with van der Waals surface area (Å²) >= 11 is 11.0. The number of halogens is 2. The van der Waals surface area contributed by atoms with E-state index in [1.54, 1.807) is 0 Å². The van der Waals surface area contributed by atoms with E-state index in [0.717, 1.165) is 16.5 Å². The molecule has 0 nitrogen and oxygen atoms in total. The van der Waals surface area contributed by atoms with Crippen LogP contribution in [0.1, 0.15) is 110 Å². The average molecular weight is 767 g/mol. The molecular formula is C46H52Cl2Zr-2. The van der Waals surface area contributed by atoms with Gasteiger partial charge >= 0.3 is 123 Å². The summed E-state index contributed by atoms with van der Waals surface area (Å²) in [6.45, 7) is 24.7. The van der Waals surface area contributed by atoms with Gasteiger partial charge in [0.15, 0.2) is 0 Å². The maximum atomic E-state index is 5.84. The van der Waals surface area contributed by atoms with Crippen LogP contribution in [0.2, 0.25) is 10.0 Å². The fraction of sp³-hybridized carbons (Fsp3) is 0.348. The van der Waals surface area contributed by atoms with Crippen LogP contribution in [0.15, 0.2) is 96.1 Å². The molecule has 6 rings (SSSR count). The number of rotatable bonds is 2. The molecule has 256 valence electrons. The van der Waals surface area contributed by atoms with Gasteiger partial charge in [-0.25, -0.2) is 5.57 Å². The summed E-state index contributed by atoms with van der Waals surface area (Å²) in [6.07, 6.45) is 6.74. The first-order valence-corrected chi connectivity index (χ1v) is 20.9. The molecular weight excluding hydrogens is 715 g/mol. The van der Waals surface area contributed by atoms with E-state index >= 15 is 0 Å². The van der Waals surface area contributed by atoms with Crippen molar-refractivity contribution < 1.29 is 22.3 Å². The summed E-state index contributed by atoms with van der Waals surface area (Å²) in [5.41, 5.74) is 14.4. The second-order valence-corrected chi connectivity index (χ2v) is 19.4. The number of fused-ring (bicyclic) bond motifs is 3. The third kappa shape index (κ3) is 11.3. The van der Waals surface area contributed by atoms with Gasteiger partial charge in [0.25, 0.3) is 0 Å². The van der Waals surface area contributed by atoms with Crippen LogP contribution >= 0.6 is 23.2 Å². The molecule has 0 N–H and O–H groups in total. The summed E-state index contributed by atoms with van der Waals surface area (Å²) < 4.78 is 4.66. The SMILES string of the molecule is CC(C)(C)c1c[c-]c2c(c1)-c1cc(C(C)(C)C)ccc1C2.CC1=[C-]C(C)C=C1C(C)(C)C.Clc1ccc([CH]=[Zr]=[CH]c2ccc(Cl)cc2)cc1. The average Bonchev–Trinajstić information content (AvgIpc) is 3.57. The maximum absolute atomic E-state index is 5.84. The van der Waals surface area contributed by atoms with Gasteiger partial charge in [0.2, 0.25) is 0 Å². The van der Waals surface area contributed by atoms with Gasteiger partial charge in [-0.3, -0.25) is 6.08 Å². The van der Waals surface area contributed by atoms with Crippen molar-refractivity contribution in [2.75, 3.05) is 0 Å². The molecule has 0 aromatic heterocycles. The zero-order chi connectivity index (χ0) is 36.1. The van der Waals surface area contributed by atoms with Crippen LogP contribution in [0.3, 0.4) is 0 Å². The van der Waals surface area contributed by atoms with Gasteiger partial charge in [0.1, 0.15) is 0 Å². The number of allylic oxidation sites excluding steroid dienone is 4. The van der Waals surface area contributed by atoms with E-state index in [0.29, 0.717) is 11.3 Å². The van der Waals surface area contributed by atoms with Crippen molar-refractivity contribution in [1.82, 2.24) is 0 Å². The first-order valence-electron chi connectivity index (χ1n) is 17.3. The number of benzene rings is 4. The van der Waals surface area contributed by atoms with E-state index in [-0.39, 0.29) is 10.8 Å². The summed E-state index contributed by atoms with van der Waals surface area (Å²) in [4.78, 5) is 0. The number of hydrogen-bond acceptors (Lipinski definition) is 0. The molecule has 0 bridgehead atoms. The standard InChI is InChI=1S/C21H25.C11H17.2C7H5Cl.Zr/c1-20(2,3)16-9-7-14-11-15-8-10-17(21(4,5)6)13-19(15)18(14)12-16;1-8-6-9(2)10(7-8)11(3,4)5;2*1-6-2-4-7(8)5-3-6;/h7,9-10,12-13H,11H2,1-6H3;7-8H,1-5H3;2*1-5H;/q2*-1;;;. The van der Waals surface area contributed by atoms with Crippen LogP contribution in [0.5, 0.6) is 0 Å². The Bertz CT molecular complexity index is 1770. The van der Waals surface area contributed by atoms with E-state index in [1.165, 1.54) is 55.7 Å². The van der Waals surface area contributed by atoms with E-state index in [2.05, 4.69) is 156 Å². The second kappa shape index (κ2) is 16.3. The molecule has 0 fully saturated rings. The van der Waals surface area contributed by atoms with E-state index in [4.69, 9.17) is 23.2 Å². The second-order valence-electron chi connectivity index (χ2n) is 16.3. The van der Waals surface area contributed by atoms with Crippen LogP contribution in [0.25, 0.3) is 11.1 Å². The third-order valence-electron chi connectivity index (χ3n) is 8.84. The zero-order valence-electron chi connectivity index (χ0n) is 31.3. The zero-order valence-corrected chi connectivity index (χ0v) is 35.2. The van der Waals surface area contributed by atoms with Crippen molar-refractivity contribution in [3.8, 4) is 11.1 Å². The van der Waals surface area contributed by atoms with Gasteiger partial charge in [-0.1, -0.05) is 122 Å². The molecule has 0 saturated heterocycles. The van der Waals surface area contributed by atoms with E-state index in [9.17, 15) is 0 Å². The monoisotopic (exact) mass is 764 g/mol. The van der Waals surface area contributed by atoms with Crippen molar-refractivity contribution in [3.05, 3.63) is 152 Å².